The first-order chi connectivity index (χ1) is 7.53. The number of ether oxygens (including phenoxy) is 1. The van der Waals surface area contributed by atoms with E-state index < -0.39 is 5.60 Å². The predicted molar refractivity (Wildman–Crippen MR) is 62.5 cm³/mol. The van der Waals surface area contributed by atoms with Gasteiger partial charge in [-0.25, -0.2) is 4.84 Å². The van der Waals surface area contributed by atoms with Crippen LogP contribution in [0.4, 0.5) is 5.69 Å². The Bertz CT molecular complexity index is 432. The van der Waals surface area contributed by atoms with Crippen molar-refractivity contribution in [1.29, 1.82) is 0 Å². The molecule has 1 aliphatic rings. The largest absolute Gasteiger partial charge is 0.476 e. The van der Waals surface area contributed by atoms with Gasteiger partial charge in [0.25, 0.3) is 5.91 Å². The first-order valence-electron chi connectivity index (χ1n) is 5.00. The topological polar surface area (TPSA) is 50.4 Å². The Hall–Kier alpha value is -1.26. The Morgan fingerprint density at radius 1 is 1.50 bits per heavy atom. The third-order valence-electron chi connectivity index (χ3n) is 2.48. The van der Waals surface area contributed by atoms with E-state index in [0.29, 0.717) is 18.0 Å². The first kappa shape index (κ1) is 11.2. The molecule has 0 bridgehead atoms. The van der Waals surface area contributed by atoms with Crippen molar-refractivity contribution in [3.05, 3.63) is 23.8 Å². The molecule has 1 aromatic rings. The number of carbonyl (C=O) groups excluding carboxylic acids is 1. The Morgan fingerprint density at radius 2 is 2.25 bits per heavy atom. The van der Waals surface area contributed by atoms with Crippen LogP contribution in [0.2, 0.25) is 0 Å². The van der Waals surface area contributed by atoms with Gasteiger partial charge in [0.15, 0.2) is 5.60 Å². The SMILES string of the molecule is CC1(C)Oc2ccc(CNCl)cc2NC1=O. The molecule has 1 heterocycles. The highest BCUT2D eigenvalue weighted by molar-refractivity contribution is 6.13. The van der Waals surface area contributed by atoms with Gasteiger partial charge in [0, 0.05) is 6.54 Å². The second kappa shape index (κ2) is 3.96. The lowest BCUT2D eigenvalue weighted by molar-refractivity contribution is -0.129. The zero-order valence-corrected chi connectivity index (χ0v) is 9.89. The van der Waals surface area contributed by atoms with E-state index in [1.807, 2.05) is 18.2 Å². The molecule has 0 unspecified atom stereocenters. The van der Waals surface area contributed by atoms with E-state index in [9.17, 15) is 4.79 Å². The molecule has 0 atom stereocenters. The molecule has 1 aliphatic heterocycles. The minimum atomic E-state index is -0.820. The predicted octanol–water partition coefficient (Wildman–Crippen LogP) is 2.04. The maximum absolute atomic E-state index is 11.7. The summed E-state index contributed by atoms with van der Waals surface area (Å²) in [7, 11) is 0. The lowest BCUT2D eigenvalue weighted by atomic mass is 10.1. The van der Waals surface area contributed by atoms with Gasteiger partial charge >= 0.3 is 0 Å². The van der Waals surface area contributed by atoms with Crippen LogP contribution in [0.3, 0.4) is 0 Å². The van der Waals surface area contributed by atoms with Gasteiger partial charge in [-0.3, -0.25) is 4.79 Å². The van der Waals surface area contributed by atoms with Gasteiger partial charge in [0.1, 0.15) is 5.75 Å². The number of benzene rings is 1. The van der Waals surface area contributed by atoms with E-state index in [1.165, 1.54) is 0 Å². The highest BCUT2D eigenvalue weighted by Gasteiger charge is 2.35. The smallest absolute Gasteiger partial charge is 0.268 e. The molecule has 0 fully saturated rings. The number of amides is 1. The van der Waals surface area contributed by atoms with Gasteiger partial charge in [0.05, 0.1) is 5.69 Å². The number of halogens is 1. The maximum atomic E-state index is 11.7. The zero-order valence-electron chi connectivity index (χ0n) is 9.13. The fourth-order valence-corrected chi connectivity index (χ4v) is 1.70. The van der Waals surface area contributed by atoms with E-state index in [0.717, 1.165) is 5.56 Å². The number of carbonyl (C=O) groups is 1. The minimum absolute atomic E-state index is 0.143. The summed E-state index contributed by atoms with van der Waals surface area (Å²) in [5.74, 6) is 0.541. The zero-order chi connectivity index (χ0) is 11.8. The Kier molecular flexibility index (Phi) is 2.78. The molecule has 1 amide bonds. The molecule has 1 aromatic carbocycles. The summed E-state index contributed by atoms with van der Waals surface area (Å²) in [5, 5.41) is 2.81. The van der Waals surface area contributed by atoms with E-state index in [1.54, 1.807) is 13.8 Å². The summed E-state index contributed by atoms with van der Waals surface area (Å²) in [6.45, 7) is 4.01. The van der Waals surface area contributed by atoms with Crippen LogP contribution in [0.1, 0.15) is 19.4 Å². The van der Waals surface area contributed by atoms with Crippen molar-refractivity contribution in [2.24, 2.45) is 0 Å². The van der Waals surface area contributed by atoms with Crippen molar-refractivity contribution in [3.63, 3.8) is 0 Å². The summed E-state index contributed by atoms with van der Waals surface area (Å²) >= 11 is 5.42. The Morgan fingerprint density at radius 3 is 2.94 bits per heavy atom. The van der Waals surface area contributed by atoms with Gasteiger partial charge < -0.3 is 10.1 Å². The van der Waals surface area contributed by atoms with Gasteiger partial charge in [-0.1, -0.05) is 6.07 Å². The normalized spacial score (nSPS) is 17.3. The molecule has 0 saturated heterocycles. The van der Waals surface area contributed by atoms with Crippen LogP contribution in [-0.4, -0.2) is 11.5 Å². The second-order valence-corrected chi connectivity index (χ2v) is 4.47. The Labute approximate surface area is 99.0 Å². The van der Waals surface area contributed by atoms with Crippen LogP contribution < -0.4 is 14.9 Å². The summed E-state index contributed by atoms with van der Waals surface area (Å²) in [6, 6.07) is 5.58. The Balaban J connectivity index is 2.33. The number of rotatable bonds is 2. The monoisotopic (exact) mass is 240 g/mol. The van der Waals surface area contributed by atoms with Crippen molar-refractivity contribution >= 4 is 23.4 Å². The number of hydrogen-bond acceptors (Lipinski definition) is 3. The molecule has 2 rings (SSSR count). The fourth-order valence-electron chi connectivity index (χ4n) is 1.55. The maximum Gasteiger partial charge on any atom is 0.268 e. The molecule has 16 heavy (non-hydrogen) atoms. The summed E-state index contributed by atoms with van der Waals surface area (Å²) in [5.41, 5.74) is 0.852. The molecule has 5 heteroatoms. The van der Waals surface area contributed by atoms with E-state index in [-0.39, 0.29) is 5.91 Å². The molecule has 0 radical (unpaired) electrons. The van der Waals surface area contributed by atoms with Crippen molar-refractivity contribution in [3.8, 4) is 5.75 Å². The molecule has 86 valence electrons. The number of anilines is 1. The van der Waals surface area contributed by atoms with Crippen LogP contribution in [0.5, 0.6) is 5.75 Å². The quantitative estimate of drug-likeness (QED) is 0.778. The number of fused-ring (bicyclic) bond motifs is 1. The van der Waals surface area contributed by atoms with Crippen molar-refractivity contribution in [2.45, 2.75) is 26.0 Å². The van der Waals surface area contributed by atoms with E-state index >= 15 is 0 Å². The van der Waals surface area contributed by atoms with Gasteiger partial charge in [-0.2, -0.15) is 0 Å². The van der Waals surface area contributed by atoms with Crippen molar-refractivity contribution in [2.75, 3.05) is 5.32 Å². The molecule has 0 spiro atoms. The molecular formula is C11H13ClN2O2. The summed E-state index contributed by atoms with van der Waals surface area (Å²) in [6.07, 6.45) is 0. The van der Waals surface area contributed by atoms with E-state index in [4.69, 9.17) is 16.5 Å². The third kappa shape index (κ3) is 1.99. The van der Waals surface area contributed by atoms with Crippen LogP contribution in [0, 0.1) is 0 Å². The molecular weight excluding hydrogens is 228 g/mol. The van der Waals surface area contributed by atoms with Gasteiger partial charge in [-0.05, 0) is 43.3 Å². The highest BCUT2D eigenvalue weighted by Crippen LogP contribution is 2.34. The molecule has 0 saturated carbocycles. The van der Waals surface area contributed by atoms with Crippen LogP contribution in [0.25, 0.3) is 0 Å². The van der Waals surface area contributed by atoms with Crippen LogP contribution >= 0.6 is 11.8 Å². The average molecular weight is 241 g/mol. The number of hydrogen-bond donors (Lipinski definition) is 2. The molecule has 4 nitrogen and oxygen atoms in total. The van der Waals surface area contributed by atoms with Crippen molar-refractivity contribution < 1.29 is 9.53 Å². The van der Waals surface area contributed by atoms with Crippen LogP contribution in [-0.2, 0) is 11.3 Å². The minimum Gasteiger partial charge on any atom is -0.476 e. The standard InChI is InChI=1S/C11H13ClN2O2/c1-11(2)10(15)14-8-5-7(6-13-12)3-4-9(8)16-11/h3-5,13H,6H2,1-2H3,(H,14,15). The third-order valence-corrected chi connectivity index (χ3v) is 2.61. The van der Waals surface area contributed by atoms with Gasteiger partial charge in [-0.15, -0.1) is 0 Å². The molecule has 0 aromatic heterocycles. The summed E-state index contributed by atoms with van der Waals surface area (Å²) < 4.78 is 5.60. The van der Waals surface area contributed by atoms with Crippen LogP contribution in [0.15, 0.2) is 18.2 Å². The summed E-state index contributed by atoms with van der Waals surface area (Å²) in [4.78, 5) is 14.2. The van der Waals surface area contributed by atoms with Crippen molar-refractivity contribution in [1.82, 2.24) is 4.84 Å². The van der Waals surface area contributed by atoms with Gasteiger partial charge in [0.2, 0.25) is 0 Å². The second-order valence-electron chi connectivity index (χ2n) is 4.21. The lowest BCUT2D eigenvalue weighted by Gasteiger charge is -2.31. The highest BCUT2D eigenvalue weighted by atomic mass is 35.5. The fraction of sp³-hybridized carbons (Fsp3) is 0.364. The van der Waals surface area contributed by atoms with E-state index in [2.05, 4.69) is 10.2 Å². The molecule has 2 N–H and O–H groups in total. The number of nitrogens with one attached hydrogen (secondary N) is 2. The lowest BCUT2D eigenvalue weighted by Crippen LogP contribution is -2.45. The first-order valence-corrected chi connectivity index (χ1v) is 5.37. The average Bonchev–Trinajstić information content (AvgIpc) is 2.20. The molecule has 0 aliphatic carbocycles.